The van der Waals surface area contributed by atoms with Crippen LogP contribution in [-0.2, 0) is 11.0 Å². The van der Waals surface area contributed by atoms with Gasteiger partial charge >= 0.3 is 11.0 Å². The van der Waals surface area contributed by atoms with Crippen LogP contribution >= 0.6 is 11.3 Å². The number of benzene rings is 1. The summed E-state index contributed by atoms with van der Waals surface area (Å²) < 4.78 is 30.3. The maximum Gasteiger partial charge on any atom is 0.301 e. The number of thiazole rings is 1. The third-order valence-electron chi connectivity index (χ3n) is 2.02. The third-order valence-corrected chi connectivity index (χ3v) is 3.18. The van der Waals surface area contributed by atoms with E-state index in [-0.39, 0.29) is 5.19 Å². The molecular formula is C10H9NO4S2. The summed E-state index contributed by atoms with van der Waals surface area (Å²) in [4.78, 5) is 4.05. The smallest absolute Gasteiger partial charge is 0.301 e. The lowest BCUT2D eigenvalue weighted by molar-refractivity contribution is 0.415. The molecule has 90 valence electrons. The Balaban J connectivity index is 2.23. The maximum absolute atomic E-state index is 10.4. The second-order valence-corrected chi connectivity index (χ2v) is 4.49. The Morgan fingerprint density at radius 3 is 2.53 bits per heavy atom. The molecule has 0 saturated heterocycles. The topological polar surface area (TPSA) is 65.5 Å². The van der Waals surface area contributed by atoms with E-state index in [2.05, 4.69) is 9.17 Å². The second kappa shape index (κ2) is 5.15. The van der Waals surface area contributed by atoms with Crippen molar-refractivity contribution in [3.8, 4) is 22.2 Å². The zero-order valence-corrected chi connectivity index (χ0v) is 10.5. The van der Waals surface area contributed by atoms with Crippen molar-refractivity contribution in [3.63, 3.8) is 0 Å². The van der Waals surface area contributed by atoms with Crippen LogP contribution in [0.25, 0.3) is 11.3 Å². The summed E-state index contributed by atoms with van der Waals surface area (Å²) in [5.74, 6) is 0.753. The minimum Gasteiger partial charge on any atom is -0.497 e. The molecule has 0 aliphatic rings. The van der Waals surface area contributed by atoms with Gasteiger partial charge in [0.15, 0.2) is 0 Å². The predicted molar refractivity (Wildman–Crippen MR) is 65.0 cm³/mol. The van der Waals surface area contributed by atoms with E-state index >= 15 is 0 Å². The van der Waals surface area contributed by atoms with E-state index in [9.17, 15) is 8.42 Å². The lowest BCUT2D eigenvalue weighted by Gasteiger charge is -2.00. The first kappa shape index (κ1) is 11.9. The van der Waals surface area contributed by atoms with Gasteiger partial charge in [-0.25, -0.2) is 4.98 Å². The average Bonchev–Trinajstić information content (AvgIpc) is 2.77. The van der Waals surface area contributed by atoms with E-state index in [1.165, 1.54) is 0 Å². The van der Waals surface area contributed by atoms with Gasteiger partial charge in [0.05, 0.1) is 12.8 Å². The number of ether oxygens (including phenoxy) is 1. The summed E-state index contributed by atoms with van der Waals surface area (Å²) in [6.45, 7) is 0. The largest absolute Gasteiger partial charge is 0.497 e. The Bertz CT molecular complexity index is 566. The Kier molecular flexibility index (Phi) is 3.60. The number of hydrogen-bond donors (Lipinski definition) is 1. The fourth-order valence-corrected chi connectivity index (χ4v) is 2.33. The van der Waals surface area contributed by atoms with E-state index in [0.29, 0.717) is 5.69 Å². The van der Waals surface area contributed by atoms with Crippen molar-refractivity contribution >= 4 is 22.3 Å². The number of thiol groups is 1. The summed E-state index contributed by atoms with van der Waals surface area (Å²) in [5.41, 5.74) is 1.54. The molecule has 0 spiro atoms. The first-order chi connectivity index (χ1) is 8.19. The first-order valence-electron chi connectivity index (χ1n) is 4.61. The van der Waals surface area contributed by atoms with Crippen molar-refractivity contribution in [2.24, 2.45) is 0 Å². The molecule has 1 aromatic carbocycles. The lowest BCUT2D eigenvalue weighted by Crippen LogP contribution is -1.88. The molecule has 0 unspecified atom stereocenters. The third kappa shape index (κ3) is 2.95. The minimum atomic E-state index is -2.91. The molecule has 17 heavy (non-hydrogen) atoms. The zero-order chi connectivity index (χ0) is 12.3. The van der Waals surface area contributed by atoms with Gasteiger partial charge in [-0.05, 0) is 24.3 Å². The molecule has 0 aliphatic carbocycles. The highest BCUT2D eigenvalue weighted by atomic mass is 32.2. The highest BCUT2D eigenvalue weighted by Gasteiger charge is 2.06. The standard InChI is InChI=1S/C10H9NO4S2/c1-14-8-4-2-7(3-5-8)9-6-16-10(11-9)15-17(12)13/h2-6,17H,1H3. The van der Waals surface area contributed by atoms with Crippen molar-refractivity contribution in [2.75, 3.05) is 7.11 Å². The lowest BCUT2D eigenvalue weighted by atomic mass is 10.2. The Labute approximate surface area is 104 Å². The monoisotopic (exact) mass is 271 g/mol. The summed E-state index contributed by atoms with van der Waals surface area (Å²) in [6, 6.07) is 7.30. The van der Waals surface area contributed by atoms with E-state index in [1.54, 1.807) is 12.5 Å². The van der Waals surface area contributed by atoms with Gasteiger partial charge < -0.3 is 8.92 Å². The van der Waals surface area contributed by atoms with Crippen LogP contribution in [0, 0.1) is 0 Å². The van der Waals surface area contributed by atoms with Crippen molar-refractivity contribution < 1.29 is 17.3 Å². The summed E-state index contributed by atoms with van der Waals surface area (Å²) in [6.07, 6.45) is 0. The zero-order valence-electron chi connectivity index (χ0n) is 8.82. The quantitative estimate of drug-likeness (QED) is 0.858. The predicted octanol–water partition coefficient (Wildman–Crippen LogP) is 1.72. The van der Waals surface area contributed by atoms with Gasteiger partial charge in [-0.1, -0.05) is 11.3 Å². The van der Waals surface area contributed by atoms with Gasteiger partial charge in [0.2, 0.25) is 0 Å². The van der Waals surface area contributed by atoms with Crippen LogP contribution in [0.4, 0.5) is 0 Å². The molecule has 7 heteroatoms. The number of rotatable bonds is 4. The molecule has 1 heterocycles. The summed E-state index contributed by atoms with van der Waals surface area (Å²) >= 11 is 1.13. The molecule has 0 atom stereocenters. The number of nitrogens with zero attached hydrogens (tertiary/aromatic N) is 1. The molecule has 0 N–H and O–H groups in total. The number of aromatic nitrogens is 1. The normalized spacial score (nSPS) is 10.5. The minimum absolute atomic E-state index is 0.118. The maximum atomic E-state index is 10.4. The van der Waals surface area contributed by atoms with Gasteiger partial charge in [0.25, 0.3) is 5.19 Å². The molecule has 2 aromatic rings. The number of hydrogen-bond acceptors (Lipinski definition) is 6. The molecule has 0 aliphatic heterocycles. The Morgan fingerprint density at radius 2 is 1.94 bits per heavy atom. The van der Waals surface area contributed by atoms with Crippen molar-refractivity contribution in [3.05, 3.63) is 29.6 Å². The second-order valence-electron chi connectivity index (χ2n) is 3.04. The van der Waals surface area contributed by atoms with Gasteiger partial charge in [0, 0.05) is 10.9 Å². The van der Waals surface area contributed by atoms with Gasteiger partial charge in [0.1, 0.15) is 5.75 Å². The van der Waals surface area contributed by atoms with E-state index < -0.39 is 11.0 Å². The van der Waals surface area contributed by atoms with Crippen LogP contribution < -0.4 is 8.92 Å². The van der Waals surface area contributed by atoms with Gasteiger partial charge in [-0.3, -0.25) is 0 Å². The summed E-state index contributed by atoms with van der Waals surface area (Å²) in [5, 5.41) is 1.85. The van der Waals surface area contributed by atoms with Crippen LogP contribution in [0.5, 0.6) is 10.9 Å². The number of methoxy groups -OCH3 is 1. The van der Waals surface area contributed by atoms with Crippen LogP contribution in [0.1, 0.15) is 0 Å². The molecule has 0 radical (unpaired) electrons. The van der Waals surface area contributed by atoms with Gasteiger partial charge in [-0.15, -0.1) is 0 Å². The van der Waals surface area contributed by atoms with Crippen molar-refractivity contribution in [1.29, 1.82) is 0 Å². The van der Waals surface area contributed by atoms with Crippen LogP contribution in [-0.4, -0.2) is 20.5 Å². The van der Waals surface area contributed by atoms with E-state index in [0.717, 1.165) is 22.6 Å². The molecule has 0 bridgehead atoms. The molecule has 0 fully saturated rings. The Hall–Kier alpha value is -1.60. The average molecular weight is 271 g/mol. The summed E-state index contributed by atoms with van der Waals surface area (Å²) in [7, 11) is -1.32. The van der Waals surface area contributed by atoms with Gasteiger partial charge in [-0.2, -0.15) is 8.42 Å². The van der Waals surface area contributed by atoms with Crippen LogP contribution in [0.3, 0.4) is 0 Å². The molecule has 0 amide bonds. The van der Waals surface area contributed by atoms with Crippen molar-refractivity contribution in [2.45, 2.75) is 0 Å². The van der Waals surface area contributed by atoms with E-state index in [1.807, 2.05) is 24.3 Å². The fraction of sp³-hybridized carbons (Fsp3) is 0.100. The van der Waals surface area contributed by atoms with Crippen molar-refractivity contribution in [1.82, 2.24) is 4.98 Å². The molecular weight excluding hydrogens is 262 g/mol. The highest BCUT2D eigenvalue weighted by Crippen LogP contribution is 2.27. The molecule has 2 rings (SSSR count). The Morgan fingerprint density at radius 1 is 1.24 bits per heavy atom. The molecule has 1 aromatic heterocycles. The van der Waals surface area contributed by atoms with Crippen LogP contribution in [0.15, 0.2) is 29.6 Å². The molecule has 0 saturated carbocycles. The molecule has 5 nitrogen and oxygen atoms in total. The van der Waals surface area contributed by atoms with E-state index in [4.69, 9.17) is 4.74 Å². The first-order valence-corrected chi connectivity index (χ1v) is 6.59. The SMILES string of the molecule is COc1ccc(-c2csc(O[SH](=O)=O)n2)cc1. The highest BCUT2D eigenvalue weighted by molar-refractivity contribution is 7.67. The van der Waals surface area contributed by atoms with Crippen LogP contribution in [0.2, 0.25) is 0 Å². The fourth-order valence-electron chi connectivity index (χ4n) is 1.26.